The number of carbonyl (C=O) groups excluding carboxylic acids is 1. The maximum absolute atomic E-state index is 12.0. The van der Waals surface area contributed by atoms with Crippen LogP contribution in [0.5, 0.6) is 0 Å². The van der Waals surface area contributed by atoms with Crippen LogP contribution in [0.3, 0.4) is 0 Å². The highest BCUT2D eigenvalue weighted by Gasteiger charge is 2.36. The molecule has 3 heteroatoms. The van der Waals surface area contributed by atoms with Crippen LogP contribution in [0.25, 0.3) is 0 Å². The van der Waals surface area contributed by atoms with Crippen LogP contribution in [0, 0.1) is 5.92 Å². The minimum absolute atomic E-state index is 0.341. The number of rotatable bonds is 5. The third-order valence-corrected chi connectivity index (χ3v) is 4.27. The number of methoxy groups -OCH3 is 1. The van der Waals surface area contributed by atoms with E-state index in [1.54, 1.807) is 7.11 Å². The second-order valence-corrected chi connectivity index (χ2v) is 5.41. The zero-order valence-electron chi connectivity index (χ0n) is 11.0. The molecule has 1 saturated heterocycles. The van der Waals surface area contributed by atoms with Crippen molar-refractivity contribution in [3.8, 4) is 0 Å². The molecule has 1 saturated carbocycles. The number of ketones is 1. The Morgan fingerprint density at radius 1 is 1.29 bits per heavy atom. The summed E-state index contributed by atoms with van der Waals surface area (Å²) in [5.74, 6) is 0.869. The summed E-state index contributed by atoms with van der Waals surface area (Å²) in [6.45, 7) is 3.11. The van der Waals surface area contributed by atoms with Crippen LogP contribution in [0.4, 0.5) is 0 Å². The Bertz CT molecular complexity index is 255. The molecule has 2 unspecified atom stereocenters. The Morgan fingerprint density at radius 2 is 2.18 bits per heavy atom. The van der Waals surface area contributed by atoms with E-state index in [0.717, 1.165) is 38.8 Å². The van der Waals surface area contributed by atoms with Gasteiger partial charge in [-0.25, -0.2) is 0 Å². The topological polar surface area (TPSA) is 29.5 Å². The maximum atomic E-state index is 12.0. The Kier molecular flexibility index (Phi) is 4.99. The van der Waals surface area contributed by atoms with Crippen molar-refractivity contribution in [2.45, 2.75) is 51.0 Å². The van der Waals surface area contributed by atoms with Gasteiger partial charge in [-0.2, -0.15) is 0 Å². The van der Waals surface area contributed by atoms with Gasteiger partial charge in [0.05, 0.1) is 0 Å². The molecule has 17 heavy (non-hydrogen) atoms. The van der Waals surface area contributed by atoms with Gasteiger partial charge in [0.1, 0.15) is 5.78 Å². The van der Waals surface area contributed by atoms with E-state index >= 15 is 0 Å². The van der Waals surface area contributed by atoms with Gasteiger partial charge >= 0.3 is 0 Å². The van der Waals surface area contributed by atoms with E-state index in [1.807, 2.05) is 0 Å². The summed E-state index contributed by atoms with van der Waals surface area (Å²) in [4.78, 5) is 14.5. The Balaban J connectivity index is 1.86. The molecule has 2 rings (SSSR count). The van der Waals surface area contributed by atoms with Gasteiger partial charge in [0.2, 0.25) is 0 Å². The predicted molar refractivity (Wildman–Crippen MR) is 68.1 cm³/mol. The van der Waals surface area contributed by atoms with Gasteiger partial charge in [-0.1, -0.05) is 6.42 Å². The number of hydrogen-bond acceptors (Lipinski definition) is 3. The lowest BCUT2D eigenvalue weighted by atomic mass is 9.82. The maximum Gasteiger partial charge on any atom is 0.137 e. The number of hydrogen-bond donors (Lipinski definition) is 0. The van der Waals surface area contributed by atoms with Gasteiger partial charge in [-0.3, -0.25) is 9.69 Å². The van der Waals surface area contributed by atoms with Crippen LogP contribution in [-0.2, 0) is 9.53 Å². The lowest BCUT2D eigenvalue weighted by molar-refractivity contribution is -0.126. The van der Waals surface area contributed by atoms with E-state index in [1.165, 1.54) is 25.8 Å². The lowest BCUT2D eigenvalue weighted by Crippen LogP contribution is -2.41. The molecule has 2 fully saturated rings. The first kappa shape index (κ1) is 13.0. The average Bonchev–Trinajstić information content (AvgIpc) is 2.78. The Morgan fingerprint density at radius 3 is 2.94 bits per heavy atom. The van der Waals surface area contributed by atoms with Crippen molar-refractivity contribution < 1.29 is 9.53 Å². The van der Waals surface area contributed by atoms with E-state index in [-0.39, 0.29) is 0 Å². The molecule has 0 spiro atoms. The lowest BCUT2D eigenvalue weighted by Gasteiger charge is -2.33. The van der Waals surface area contributed by atoms with Crippen molar-refractivity contribution in [3.05, 3.63) is 0 Å². The molecular formula is C14H25NO2. The third kappa shape index (κ3) is 3.29. The van der Waals surface area contributed by atoms with Crippen molar-refractivity contribution in [1.82, 2.24) is 4.90 Å². The van der Waals surface area contributed by atoms with Gasteiger partial charge in [-0.05, 0) is 38.6 Å². The van der Waals surface area contributed by atoms with Gasteiger partial charge < -0.3 is 4.74 Å². The molecule has 3 nitrogen and oxygen atoms in total. The summed E-state index contributed by atoms with van der Waals surface area (Å²) in [7, 11) is 1.76. The monoisotopic (exact) mass is 239 g/mol. The summed E-state index contributed by atoms with van der Waals surface area (Å²) in [6, 6.07) is 0.541. The first-order valence-corrected chi connectivity index (χ1v) is 7.08. The van der Waals surface area contributed by atoms with Gasteiger partial charge in [0.15, 0.2) is 0 Å². The van der Waals surface area contributed by atoms with Gasteiger partial charge in [0.25, 0.3) is 0 Å². The summed E-state index contributed by atoms with van der Waals surface area (Å²) in [6.07, 6.45) is 7.90. The van der Waals surface area contributed by atoms with E-state index in [9.17, 15) is 4.79 Å². The Hall–Kier alpha value is -0.410. The van der Waals surface area contributed by atoms with Crippen LogP contribution in [0.2, 0.25) is 0 Å². The molecule has 0 radical (unpaired) electrons. The first-order valence-electron chi connectivity index (χ1n) is 7.08. The van der Waals surface area contributed by atoms with Crippen LogP contribution >= 0.6 is 0 Å². The molecule has 98 valence electrons. The molecule has 2 aliphatic rings. The van der Waals surface area contributed by atoms with Crippen LogP contribution in [0.1, 0.15) is 44.9 Å². The van der Waals surface area contributed by atoms with Gasteiger partial charge in [0, 0.05) is 38.6 Å². The molecule has 0 aromatic rings. The number of likely N-dealkylation sites (tertiary alicyclic amines) is 1. The SMILES string of the molecule is COCCCN1CCCC1C1CCCCC1=O. The summed E-state index contributed by atoms with van der Waals surface area (Å²) in [5, 5.41) is 0. The molecular weight excluding hydrogens is 214 g/mol. The van der Waals surface area contributed by atoms with Crippen LogP contribution in [0.15, 0.2) is 0 Å². The minimum Gasteiger partial charge on any atom is -0.385 e. The highest BCUT2D eigenvalue weighted by molar-refractivity contribution is 5.82. The second-order valence-electron chi connectivity index (χ2n) is 5.41. The predicted octanol–water partition coefficient (Wildman–Crippen LogP) is 2.25. The standard InChI is InChI=1S/C14H25NO2/c1-17-11-5-10-15-9-4-7-13(15)12-6-2-3-8-14(12)16/h12-13H,2-11H2,1H3. The van der Waals surface area contributed by atoms with Crippen LogP contribution < -0.4 is 0 Å². The van der Waals surface area contributed by atoms with Crippen molar-refractivity contribution in [2.75, 3.05) is 26.8 Å². The fraction of sp³-hybridized carbons (Fsp3) is 0.929. The van der Waals surface area contributed by atoms with E-state index in [0.29, 0.717) is 17.7 Å². The average molecular weight is 239 g/mol. The van der Waals surface area contributed by atoms with Crippen LogP contribution in [-0.4, -0.2) is 43.5 Å². The third-order valence-electron chi connectivity index (χ3n) is 4.27. The fourth-order valence-electron chi connectivity index (χ4n) is 3.41. The quantitative estimate of drug-likeness (QED) is 0.689. The number of Topliss-reactive ketones (excluding diaryl/α,β-unsaturated/α-hetero) is 1. The van der Waals surface area contributed by atoms with E-state index in [2.05, 4.69) is 4.90 Å². The minimum atomic E-state index is 0.341. The molecule has 2 atom stereocenters. The largest absolute Gasteiger partial charge is 0.385 e. The fourth-order valence-corrected chi connectivity index (χ4v) is 3.41. The van der Waals surface area contributed by atoms with Crippen molar-refractivity contribution in [3.63, 3.8) is 0 Å². The molecule has 1 aliphatic heterocycles. The molecule has 0 aromatic heterocycles. The van der Waals surface area contributed by atoms with Gasteiger partial charge in [-0.15, -0.1) is 0 Å². The highest BCUT2D eigenvalue weighted by atomic mass is 16.5. The normalized spacial score (nSPS) is 31.0. The number of carbonyl (C=O) groups is 1. The number of nitrogens with zero attached hydrogens (tertiary/aromatic N) is 1. The molecule has 0 bridgehead atoms. The van der Waals surface area contributed by atoms with Crippen molar-refractivity contribution in [1.29, 1.82) is 0 Å². The van der Waals surface area contributed by atoms with E-state index < -0.39 is 0 Å². The summed E-state index contributed by atoms with van der Waals surface area (Å²) < 4.78 is 5.11. The van der Waals surface area contributed by atoms with E-state index in [4.69, 9.17) is 4.74 Å². The zero-order chi connectivity index (χ0) is 12.1. The first-order chi connectivity index (χ1) is 8.33. The molecule has 0 N–H and O–H groups in total. The van der Waals surface area contributed by atoms with Crippen molar-refractivity contribution in [2.24, 2.45) is 5.92 Å². The molecule has 0 amide bonds. The molecule has 1 aliphatic carbocycles. The second kappa shape index (κ2) is 6.50. The van der Waals surface area contributed by atoms with Crippen molar-refractivity contribution >= 4 is 5.78 Å². The smallest absolute Gasteiger partial charge is 0.137 e. The number of ether oxygens (including phenoxy) is 1. The summed E-state index contributed by atoms with van der Waals surface area (Å²) in [5.41, 5.74) is 0. The zero-order valence-corrected chi connectivity index (χ0v) is 11.0. The molecule has 0 aromatic carbocycles. The highest BCUT2D eigenvalue weighted by Crippen LogP contribution is 2.32. The summed E-state index contributed by atoms with van der Waals surface area (Å²) >= 11 is 0. The molecule has 1 heterocycles. The Labute approximate surface area is 105 Å².